The van der Waals surface area contributed by atoms with Gasteiger partial charge in [-0.1, -0.05) is 51.1 Å². The molecule has 0 saturated heterocycles. The molecule has 0 fully saturated rings. The van der Waals surface area contributed by atoms with Crippen LogP contribution in [0.2, 0.25) is 0 Å². The number of amides is 2. The van der Waals surface area contributed by atoms with Crippen molar-refractivity contribution in [2.75, 3.05) is 0 Å². The highest BCUT2D eigenvalue weighted by atomic mass is 32.2. The number of carbonyl (C=O) groups excluding carboxylic acids is 2. The van der Waals surface area contributed by atoms with E-state index in [-0.39, 0.29) is 17.2 Å². The van der Waals surface area contributed by atoms with Crippen molar-refractivity contribution in [3.8, 4) is 0 Å². The second-order valence-electron chi connectivity index (χ2n) is 7.86. The summed E-state index contributed by atoms with van der Waals surface area (Å²) in [6, 6.07) is 14.9. The maximum absolute atomic E-state index is 13.0. The summed E-state index contributed by atoms with van der Waals surface area (Å²) in [7, 11) is 0. The Morgan fingerprint density at radius 3 is 2.00 bits per heavy atom. The molecular weight excluding hydrogens is 400 g/mol. The molecule has 0 spiro atoms. The summed E-state index contributed by atoms with van der Waals surface area (Å²) in [5.74, 6) is -1.04. The number of imide groups is 1. The Labute approximate surface area is 179 Å². The van der Waals surface area contributed by atoms with Gasteiger partial charge in [0, 0.05) is 29.3 Å². The standard InChI is InChI=1S/C21H18N2O2S.C2H4O2/c1-21(2,3)16-12-13-8-4-7-11-17(13)26-22-18(16)23-19(24)14-9-5-6-10-15(14)20(23)25;1-2(3)4/h4-12H,1-3H3;1H3,(H,3,4). The van der Waals surface area contributed by atoms with Gasteiger partial charge in [-0.2, -0.15) is 4.40 Å². The summed E-state index contributed by atoms with van der Waals surface area (Å²) < 4.78 is 4.63. The molecule has 0 unspecified atom stereocenters. The number of fused-ring (bicyclic) bond motifs is 2. The minimum Gasteiger partial charge on any atom is -0.481 e. The third kappa shape index (κ3) is 4.21. The molecule has 4 rings (SSSR count). The molecule has 2 heterocycles. The molecule has 30 heavy (non-hydrogen) atoms. The van der Waals surface area contributed by atoms with E-state index in [1.165, 1.54) is 16.8 Å². The predicted octanol–water partition coefficient (Wildman–Crippen LogP) is 4.92. The summed E-state index contributed by atoms with van der Waals surface area (Å²) in [6.45, 7) is 7.27. The van der Waals surface area contributed by atoms with E-state index in [1.807, 2.05) is 30.3 Å². The van der Waals surface area contributed by atoms with E-state index >= 15 is 0 Å². The minimum absolute atomic E-state index is 0.286. The van der Waals surface area contributed by atoms with E-state index in [0.29, 0.717) is 17.0 Å². The van der Waals surface area contributed by atoms with Gasteiger partial charge >= 0.3 is 0 Å². The van der Waals surface area contributed by atoms with Crippen LogP contribution in [0.25, 0.3) is 6.08 Å². The quantitative estimate of drug-likeness (QED) is 0.481. The zero-order valence-electron chi connectivity index (χ0n) is 17.2. The second kappa shape index (κ2) is 8.28. The van der Waals surface area contributed by atoms with Crippen molar-refractivity contribution >= 4 is 41.6 Å². The number of hydrogen-bond donors (Lipinski definition) is 1. The molecule has 0 saturated carbocycles. The Kier molecular flexibility index (Phi) is 5.94. The lowest BCUT2D eigenvalue weighted by Crippen LogP contribution is -2.39. The van der Waals surface area contributed by atoms with Crippen molar-refractivity contribution in [3.63, 3.8) is 0 Å². The largest absolute Gasteiger partial charge is 0.481 e. The first kappa shape index (κ1) is 21.5. The zero-order valence-corrected chi connectivity index (χ0v) is 18.0. The first-order valence-electron chi connectivity index (χ1n) is 9.35. The molecule has 0 bridgehead atoms. The lowest BCUT2D eigenvalue weighted by atomic mass is 9.84. The maximum atomic E-state index is 13.0. The average Bonchev–Trinajstić information content (AvgIpc) is 2.82. The number of benzene rings is 2. The minimum atomic E-state index is -0.833. The van der Waals surface area contributed by atoms with E-state index < -0.39 is 5.97 Å². The molecule has 0 aliphatic carbocycles. The summed E-state index contributed by atoms with van der Waals surface area (Å²) in [4.78, 5) is 37.1. The first-order chi connectivity index (χ1) is 14.1. The normalized spacial score (nSPS) is 15.3. The van der Waals surface area contributed by atoms with Crippen LogP contribution in [0, 0.1) is 5.41 Å². The van der Waals surface area contributed by atoms with Gasteiger partial charge in [-0.25, -0.2) is 4.90 Å². The molecule has 2 amide bonds. The number of carboxylic acid groups (broad SMARTS) is 1. The molecule has 1 N–H and O–H groups in total. The van der Waals surface area contributed by atoms with Crippen LogP contribution in [-0.2, 0) is 4.79 Å². The average molecular weight is 423 g/mol. The highest BCUT2D eigenvalue weighted by Gasteiger charge is 2.41. The number of rotatable bonds is 0. The van der Waals surface area contributed by atoms with Gasteiger partial charge in [-0.15, -0.1) is 0 Å². The fourth-order valence-corrected chi connectivity index (χ4v) is 3.88. The fraction of sp³-hybridized carbons (Fsp3) is 0.217. The molecule has 154 valence electrons. The third-order valence-corrected chi connectivity index (χ3v) is 5.34. The van der Waals surface area contributed by atoms with Gasteiger partial charge < -0.3 is 5.11 Å². The molecule has 0 atom stereocenters. The van der Waals surface area contributed by atoms with Gasteiger partial charge in [0.05, 0.1) is 11.1 Å². The summed E-state index contributed by atoms with van der Waals surface area (Å²) in [5, 5.41) is 7.42. The summed E-state index contributed by atoms with van der Waals surface area (Å²) >= 11 is 1.30. The van der Waals surface area contributed by atoms with Crippen molar-refractivity contribution in [2.24, 2.45) is 9.81 Å². The van der Waals surface area contributed by atoms with Crippen LogP contribution in [-0.4, -0.2) is 33.6 Å². The van der Waals surface area contributed by atoms with Crippen molar-refractivity contribution < 1.29 is 19.5 Å². The van der Waals surface area contributed by atoms with Gasteiger partial charge in [0.25, 0.3) is 17.8 Å². The van der Waals surface area contributed by atoms with Crippen molar-refractivity contribution in [1.82, 2.24) is 4.90 Å². The smallest absolute Gasteiger partial charge is 0.300 e. The molecule has 0 radical (unpaired) electrons. The van der Waals surface area contributed by atoms with Crippen LogP contribution >= 0.6 is 11.9 Å². The lowest BCUT2D eigenvalue weighted by molar-refractivity contribution is -0.134. The molecular formula is C23H22N2O4S. The first-order valence-corrected chi connectivity index (χ1v) is 10.1. The predicted molar refractivity (Wildman–Crippen MR) is 117 cm³/mol. The molecule has 2 aromatic carbocycles. The van der Waals surface area contributed by atoms with Crippen LogP contribution < -0.4 is 0 Å². The van der Waals surface area contributed by atoms with Gasteiger partial charge in [0.1, 0.15) is 0 Å². The number of hydrogen-bond acceptors (Lipinski definition) is 5. The van der Waals surface area contributed by atoms with Gasteiger partial charge in [-0.05, 0) is 35.3 Å². The Balaban J connectivity index is 0.000000589. The number of amidine groups is 1. The Hall–Kier alpha value is -3.19. The molecule has 2 aromatic rings. The summed E-state index contributed by atoms with van der Waals surface area (Å²) in [6.07, 6.45) is 2.04. The van der Waals surface area contributed by atoms with E-state index in [4.69, 9.17) is 9.90 Å². The second-order valence-corrected chi connectivity index (χ2v) is 8.67. The van der Waals surface area contributed by atoms with E-state index in [1.54, 1.807) is 24.3 Å². The third-order valence-electron chi connectivity index (χ3n) is 4.50. The SMILES string of the molecule is CC(=O)O.CC(C)(C)C1=Cc2ccccc2SN=C1N1C(=O)c2ccccc2C1=O. The van der Waals surface area contributed by atoms with Crippen LogP contribution in [0.3, 0.4) is 0 Å². The number of aliphatic carboxylic acids is 1. The van der Waals surface area contributed by atoms with E-state index in [2.05, 4.69) is 25.2 Å². The Bertz CT molecular complexity index is 1060. The monoisotopic (exact) mass is 422 g/mol. The van der Waals surface area contributed by atoms with Crippen LogP contribution in [0.4, 0.5) is 0 Å². The fourth-order valence-electron chi connectivity index (χ4n) is 3.14. The van der Waals surface area contributed by atoms with Crippen LogP contribution in [0.1, 0.15) is 54.0 Å². The molecule has 0 aromatic heterocycles. The van der Waals surface area contributed by atoms with Crippen molar-refractivity contribution in [3.05, 3.63) is 70.8 Å². The van der Waals surface area contributed by atoms with Crippen molar-refractivity contribution in [2.45, 2.75) is 32.6 Å². The Morgan fingerprint density at radius 1 is 0.967 bits per heavy atom. The van der Waals surface area contributed by atoms with Crippen LogP contribution in [0.15, 0.2) is 63.4 Å². The number of nitrogens with zero attached hydrogens (tertiary/aromatic N) is 2. The van der Waals surface area contributed by atoms with Crippen molar-refractivity contribution in [1.29, 1.82) is 0 Å². The van der Waals surface area contributed by atoms with Gasteiger partial charge in [-0.3, -0.25) is 14.4 Å². The molecule has 2 aliphatic rings. The topological polar surface area (TPSA) is 87.0 Å². The highest BCUT2D eigenvalue weighted by Crippen LogP contribution is 2.38. The van der Waals surface area contributed by atoms with Crippen LogP contribution in [0.5, 0.6) is 0 Å². The van der Waals surface area contributed by atoms with Gasteiger partial charge in [0.2, 0.25) is 0 Å². The molecule has 2 aliphatic heterocycles. The van der Waals surface area contributed by atoms with E-state index in [0.717, 1.165) is 23.0 Å². The molecule has 6 nitrogen and oxygen atoms in total. The number of carbonyl (C=O) groups is 3. The lowest BCUT2D eigenvalue weighted by Gasteiger charge is -2.27. The van der Waals surface area contributed by atoms with E-state index in [9.17, 15) is 9.59 Å². The maximum Gasteiger partial charge on any atom is 0.300 e. The number of carboxylic acids is 1. The highest BCUT2D eigenvalue weighted by molar-refractivity contribution is 7.98. The molecule has 7 heteroatoms. The summed E-state index contributed by atoms with van der Waals surface area (Å²) in [5.41, 5.74) is 2.48. The zero-order chi connectivity index (χ0) is 22.1. The Morgan fingerprint density at radius 2 is 1.47 bits per heavy atom. The van der Waals surface area contributed by atoms with Gasteiger partial charge in [0.15, 0.2) is 5.84 Å².